The number of aryl methyl sites for hydroxylation is 1. The molecule has 54 valence electrons. The Bertz CT molecular complexity index is 238. The van der Waals surface area contributed by atoms with E-state index in [4.69, 9.17) is 11.1 Å². The van der Waals surface area contributed by atoms with Gasteiger partial charge in [0.05, 0.1) is 12.0 Å². The van der Waals surface area contributed by atoms with Gasteiger partial charge in [-0.1, -0.05) is 0 Å². The van der Waals surface area contributed by atoms with Crippen LogP contribution in [0.3, 0.4) is 0 Å². The van der Waals surface area contributed by atoms with Crippen LogP contribution in [0.15, 0.2) is 12.4 Å². The Balaban J connectivity index is 2.67. The molecule has 0 bridgehead atoms. The van der Waals surface area contributed by atoms with Crippen molar-refractivity contribution in [2.75, 3.05) is 0 Å². The molecule has 1 heterocycles. The molecular formula is C6H10N4. The average Bonchev–Trinajstić information content (AvgIpc) is 2.13. The molecule has 1 rings (SSSR count). The van der Waals surface area contributed by atoms with Gasteiger partial charge in [0.1, 0.15) is 0 Å². The molecule has 10 heavy (non-hydrogen) atoms. The maximum atomic E-state index is 6.98. The van der Waals surface area contributed by atoms with Gasteiger partial charge < -0.3 is 5.73 Å². The van der Waals surface area contributed by atoms with Crippen molar-refractivity contribution < 1.29 is 0 Å². The summed E-state index contributed by atoms with van der Waals surface area (Å²) in [7, 11) is 1.84. The van der Waals surface area contributed by atoms with Gasteiger partial charge in [-0.3, -0.25) is 10.1 Å². The Hall–Kier alpha value is -1.32. The predicted molar refractivity (Wildman–Crippen MR) is 38.8 cm³/mol. The molecule has 0 atom stereocenters. The zero-order valence-electron chi connectivity index (χ0n) is 5.83. The van der Waals surface area contributed by atoms with E-state index in [1.165, 1.54) is 0 Å². The van der Waals surface area contributed by atoms with Crippen molar-refractivity contribution in [2.24, 2.45) is 12.8 Å². The van der Waals surface area contributed by atoms with Crippen molar-refractivity contribution in [1.82, 2.24) is 9.78 Å². The normalized spacial score (nSPS) is 9.70. The first kappa shape index (κ1) is 6.80. The van der Waals surface area contributed by atoms with Crippen molar-refractivity contribution in [3.8, 4) is 0 Å². The minimum atomic E-state index is 0.174. The summed E-state index contributed by atoms with van der Waals surface area (Å²) >= 11 is 0. The van der Waals surface area contributed by atoms with Crippen molar-refractivity contribution in [1.29, 1.82) is 5.41 Å². The van der Waals surface area contributed by atoms with Crippen LogP contribution in [-0.4, -0.2) is 15.6 Å². The Labute approximate surface area is 59.2 Å². The molecule has 0 amide bonds. The van der Waals surface area contributed by atoms with Gasteiger partial charge in [-0.2, -0.15) is 5.10 Å². The minimum Gasteiger partial charge on any atom is -0.387 e. The zero-order valence-corrected chi connectivity index (χ0v) is 5.83. The fraction of sp³-hybridized carbons (Fsp3) is 0.333. The van der Waals surface area contributed by atoms with Crippen LogP contribution in [0.4, 0.5) is 0 Å². The van der Waals surface area contributed by atoms with Crippen molar-refractivity contribution in [2.45, 2.75) is 6.42 Å². The highest BCUT2D eigenvalue weighted by Crippen LogP contribution is 1.95. The number of aromatic nitrogens is 2. The molecule has 0 saturated carbocycles. The van der Waals surface area contributed by atoms with E-state index in [0.29, 0.717) is 6.42 Å². The number of hydrogen-bond acceptors (Lipinski definition) is 2. The molecule has 0 spiro atoms. The van der Waals surface area contributed by atoms with Gasteiger partial charge in [-0.15, -0.1) is 0 Å². The van der Waals surface area contributed by atoms with Crippen LogP contribution in [0.25, 0.3) is 0 Å². The van der Waals surface area contributed by atoms with Crippen molar-refractivity contribution in [3.05, 3.63) is 18.0 Å². The van der Waals surface area contributed by atoms with Crippen LogP contribution < -0.4 is 5.73 Å². The second-order valence-corrected chi connectivity index (χ2v) is 2.22. The fourth-order valence-electron chi connectivity index (χ4n) is 0.783. The zero-order chi connectivity index (χ0) is 7.56. The van der Waals surface area contributed by atoms with Crippen LogP contribution >= 0.6 is 0 Å². The second kappa shape index (κ2) is 2.51. The molecule has 0 fully saturated rings. The standard InChI is InChI=1S/C6H10N4/c1-10-4-5(3-9-10)2-6(7)8/h3-4H,2H2,1H3,(H3,7,8). The molecule has 3 N–H and O–H groups in total. The molecule has 1 aromatic rings. The fourth-order valence-corrected chi connectivity index (χ4v) is 0.783. The molecule has 0 aromatic carbocycles. The van der Waals surface area contributed by atoms with E-state index in [0.717, 1.165) is 5.56 Å². The largest absolute Gasteiger partial charge is 0.387 e. The first-order valence-corrected chi connectivity index (χ1v) is 2.99. The van der Waals surface area contributed by atoms with E-state index in [1.54, 1.807) is 10.9 Å². The summed E-state index contributed by atoms with van der Waals surface area (Å²) in [5.74, 6) is 0.174. The van der Waals surface area contributed by atoms with Crippen LogP contribution in [0.5, 0.6) is 0 Å². The molecule has 0 unspecified atom stereocenters. The van der Waals surface area contributed by atoms with E-state index in [2.05, 4.69) is 5.10 Å². The van der Waals surface area contributed by atoms with Crippen molar-refractivity contribution in [3.63, 3.8) is 0 Å². The number of nitrogens with zero attached hydrogens (tertiary/aromatic N) is 2. The first-order valence-electron chi connectivity index (χ1n) is 2.99. The van der Waals surface area contributed by atoms with Crippen LogP contribution in [0, 0.1) is 5.41 Å². The number of rotatable bonds is 2. The van der Waals surface area contributed by atoms with Gasteiger partial charge in [0, 0.05) is 19.7 Å². The summed E-state index contributed by atoms with van der Waals surface area (Å²) in [4.78, 5) is 0. The van der Waals surface area contributed by atoms with E-state index in [1.807, 2.05) is 13.2 Å². The molecule has 4 heteroatoms. The summed E-state index contributed by atoms with van der Waals surface area (Å²) in [6.07, 6.45) is 4.05. The van der Waals surface area contributed by atoms with Gasteiger partial charge in [0.2, 0.25) is 0 Å². The number of hydrogen-bond donors (Lipinski definition) is 2. The van der Waals surface area contributed by atoms with Gasteiger partial charge >= 0.3 is 0 Å². The lowest BCUT2D eigenvalue weighted by molar-refractivity contribution is 0.767. The van der Waals surface area contributed by atoms with E-state index in [-0.39, 0.29) is 5.84 Å². The second-order valence-electron chi connectivity index (χ2n) is 2.22. The topological polar surface area (TPSA) is 67.7 Å². The highest BCUT2D eigenvalue weighted by atomic mass is 15.2. The van der Waals surface area contributed by atoms with Gasteiger partial charge in [-0.05, 0) is 5.56 Å². The van der Waals surface area contributed by atoms with Gasteiger partial charge in [0.25, 0.3) is 0 Å². The Morgan fingerprint density at radius 2 is 2.60 bits per heavy atom. The third-order valence-electron chi connectivity index (χ3n) is 1.15. The molecule has 0 saturated heterocycles. The number of nitrogens with one attached hydrogen (secondary N) is 1. The number of amidine groups is 1. The van der Waals surface area contributed by atoms with Gasteiger partial charge in [-0.25, -0.2) is 0 Å². The lowest BCUT2D eigenvalue weighted by Gasteiger charge is -1.90. The molecule has 4 nitrogen and oxygen atoms in total. The molecule has 1 aromatic heterocycles. The summed E-state index contributed by atoms with van der Waals surface area (Å²) in [5, 5.41) is 10.9. The summed E-state index contributed by atoms with van der Waals surface area (Å²) in [6.45, 7) is 0. The molecule has 0 radical (unpaired) electrons. The van der Waals surface area contributed by atoms with E-state index >= 15 is 0 Å². The quantitative estimate of drug-likeness (QED) is 0.442. The van der Waals surface area contributed by atoms with Crippen LogP contribution in [-0.2, 0) is 13.5 Å². The SMILES string of the molecule is Cn1cc(CC(=N)N)cn1. The lowest BCUT2D eigenvalue weighted by Crippen LogP contribution is -2.12. The Kier molecular flexibility index (Phi) is 1.71. The number of nitrogens with two attached hydrogens (primary N) is 1. The van der Waals surface area contributed by atoms with Crippen LogP contribution in [0.1, 0.15) is 5.56 Å². The van der Waals surface area contributed by atoms with Crippen LogP contribution in [0.2, 0.25) is 0 Å². The summed E-state index contributed by atoms with van der Waals surface area (Å²) in [6, 6.07) is 0. The maximum Gasteiger partial charge on any atom is 0.0951 e. The maximum absolute atomic E-state index is 6.98. The predicted octanol–water partition coefficient (Wildman–Crippen LogP) is -0.101. The average molecular weight is 138 g/mol. The highest BCUT2D eigenvalue weighted by Gasteiger charge is 1.95. The van der Waals surface area contributed by atoms with E-state index in [9.17, 15) is 0 Å². The molecular weight excluding hydrogens is 128 g/mol. The third kappa shape index (κ3) is 1.58. The Morgan fingerprint density at radius 3 is 3.00 bits per heavy atom. The van der Waals surface area contributed by atoms with E-state index < -0.39 is 0 Å². The van der Waals surface area contributed by atoms with Crippen molar-refractivity contribution >= 4 is 5.84 Å². The first-order chi connectivity index (χ1) is 4.68. The third-order valence-corrected chi connectivity index (χ3v) is 1.15. The molecule has 0 aliphatic heterocycles. The molecule has 0 aliphatic rings. The summed E-state index contributed by atoms with van der Waals surface area (Å²) in [5.41, 5.74) is 6.16. The smallest absolute Gasteiger partial charge is 0.0951 e. The summed E-state index contributed by atoms with van der Waals surface area (Å²) < 4.78 is 1.69. The minimum absolute atomic E-state index is 0.174. The monoisotopic (exact) mass is 138 g/mol. The lowest BCUT2D eigenvalue weighted by atomic mass is 10.2. The highest BCUT2D eigenvalue weighted by molar-refractivity contribution is 5.79. The molecule has 0 aliphatic carbocycles. The Morgan fingerprint density at radius 1 is 1.90 bits per heavy atom. The van der Waals surface area contributed by atoms with Gasteiger partial charge in [0.15, 0.2) is 0 Å².